The first-order valence-corrected chi connectivity index (χ1v) is 19.5. The lowest BCUT2D eigenvalue weighted by molar-refractivity contribution is 1.10. The number of nitrogens with zero attached hydrogens (tertiary/aromatic N) is 5. The van der Waals surface area contributed by atoms with Gasteiger partial charge < -0.3 is 0 Å². The largest absolute Gasteiger partial charge is 0.302 e. The van der Waals surface area contributed by atoms with Gasteiger partial charge in [-0.05, 0) is 51.9 Å². The number of hydrogen-bond donors (Lipinski definition) is 0. The third-order valence-electron chi connectivity index (χ3n) is 11.0. The van der Waals surface area contributed by atoms with Gasteiger partial charge in [-0.25, -0.2) is 15.0 Å². The van der Waals surface area contributed by atoms with Gasteiger partial charge in [-0.1, -0.05) is 175 Å². The Bertz CT molecular complexity index is 3230. The zero-order valence-electron chi connectivity index (χ0n) is 31.4. The number of imidazole rings is 1. The lowest BCUT2D eigenvalue weighted by atomic mass is 9.98. The first-order chi connectivity index (χ1) is 28.7. The van der Waals surface area contributed by atoms with Crippen LogP contribution < -0.4 is 4.67 Å². The molecule has 5 nitrogen and oxygen atoms in total. The Hall–Kier alpha value is -7.98. The van der Waals surface area contributed by atoms with E-state index in [2.05, 4.69) is 173 Å². The van der Waals surface area contributed by atoms with Crippen molar-refractivity contribution >= 4 is 34.2 Å². The molecule has 0 radical (unpaired) electrons. The molecule has 0 bridgehead atoms. The van der Waals surface area contributed by atoms with Gasteiger partial charge in [0.1, 0.15) is 5.82 Å². The maximum Gasteiger partial charge on any atom is 0.302 e. The highest BCUT2D eigenvalue weighted by atomic mass is 15.1. The molecule has 11 rings (SSSR count). The van der Waals surface area contributed by atoms with Gasteiger partial charge in [0, 0.05) is 33.3 Å². The summed E-state index contributed by atoms with van der Waals surface area (Å²) in [5.74, 6) is 1.58. The van der Waals surface area contributed by atoms with Crippen molar-refractivity contribution in [1.29, 1.82) is 0 Å². The molecule has 0 saturated heterocycles. The Labute approximate surface area is 335 Å². The second-order valence-electron chi connectivity index (χ2n) is 14.5. The van der Waals surface area contributed by atoms with E-state index in [1.807, 2.05) is 42.8 Å². The zero-order valence-corrected chi connectivity index (χ0v) is 31.4. The number of benzene rings is 8. The van der Waals surface area contributed by atoms with Crippen molar-refractivity contribution < 1.29 is 0 Å². The van der Waals surface area contributed by atoms with Crippen LogP contribution in [-0.2, 0) is 0 Å². The van der Waals surface area contributed by atoms with E-state index in [9.17, 15) is 0 Å². The first-order valence-electron chi connectivity index (χ1n) is 19.5. The fraction of sp³-hybridized carbons (Fsp3) is 0. The van der Waals surface area contributed by atoms with Crippen LogP contribution in [0, 0.1) is 0 Å². The monoisotopic (exact) mass is 740 g/mol. The minimum atomic E-state index is 0.689. The van der Waals surface area contributed by atoms with Crippen molar-refractivity contribution in [3.05, 3.63) is 205 Å². The number of aromatic nitrogens is 4. The molecule has 0 saturated carbocycles. The Morgan fingerprint density at radius 3 is 1.64 bits per heavy atom. The Morgan fingerprint density at radius 2 is 0.897 bits per heavy atom. The van der Waals surface area contributed by atoms with E-state index in [1.165, 1.54) is 11.1 Å². The summed E-state index contributed by atoms with van der Waals surface area (Å²) in [7, 11) is 0. The molecule has 0 fully saturated rings. The molecule has 8 aromatic carbocycles. The quantitative estimate of drug-likeness (QED) is 0.153. The fourth-order valence-electron chi connectivity index (χ4n) is 8.15. The lowest BCUT2D eigenvalue weighted by Crippen LogP contribution is -2.01. The van der Waals surface area contributed by atoms with E-state index in [0.29, 0.717) is 5.82 Å². The fourth-order valence-corrected chi connectivity index (χ4v) is 8.15. The van der Waals surface area contributed by atoms with Crippen molar-refractivity contribution in [1.82, 2.24) is 24.2 Å². The van der Waals surface area contributed by atoms with Crippen molar-refractivity contribution in [3.63, 3.8) is 0 Å². The van der Waals surface area contributed by atoms with E-state index < -0.39 is 0 Å². The summed E-state index contributed by atoms with van der Waals surface area (Å²) in [5, 5.41) is 2.27. The maximum atomic E-state index is 5.38. The Kier molecular flexibility index (Phi) is 8.02. The van der Waals surface area contributed by atoms with Crippen molar-refractivity contribution in [3.8, 4) is 73.2 Å². The highest BCUT2D eigenvalue weighted by molar-refractivity contribution is 6.22. The molecule has 2 aromatic heterocycles. The summed E-state index contributed by atoms with van der Waals surface area (Å²) >= 11 is 0. The number of fused-ring (bicyclic) bond motifs is 6. The van der Waals surface area contributed by atoms with E-state index in [4.69, 9.17) is 15.0 Å². The average Bonchev–Trinajstić information content (AvgIpc) is 3.97. The minimum absolute atomic E-state index is 0.689. The van der Waals surface area contributed by atoms with E-state index in [0.717, 1.165) is 89.2 Å². The van der Waals surface area contributed by atoms with Crippen LogP contribution in [-0.4, -0.2) is 31.9 Å². The van der Waals surface area contributed by atoms with Crippen LogP contribution in [0.3, 0.4) is 0 Å². The third-order valence-corrected chi connectivity index (χ3v) is 11.0. The molecule has 10 aromatic rings. The summed E-state index contributed by atoms with van der Waals surface area (Å²) in [4.78, 5) is 15.6. The highest BCUT2D eigenvalue weighted by Crippen LogP contribution is 2.38. The molecule has 270 valence electrons. The Balaban J connectivity index is 1.04. The molecule has 0 spiro atoms. The molecule has 0 unspecified atom stereocenters. The van der Waals surface area contributed by atoms with Crippen LogP contribution in [0.2, 0.25) is 0 Å². The smallest absolute Gasteiger partial charge is 0.291 e. The molecule has 3 heterocycles. The second kappa shape index (κ2) is 13.9. The molecule has 5 heteroatoms. The van der Waals surface area contributed by atoms with Crippen molar-refractivity contribution in [2.75, 3.05) is 0 Å². The molecule has 58 heavy (non-hydrogen) atoms. The SMILES string of the molecule is C1=[N+]=Cc2c1c1ccccc1c1nc(-c3ccccc3)n(-c3cccc(-c4cccc(-c5cc(-c6ccc(-c7ccccc7)cc6)nc(-c6ccccc6)n5)c4)c3)c21. The Morgan fingerprint density at radius 1 is 0.362 bits per heavy atom. The molecule has 0 atom stereocenters. The average molecular weight is 741 g/mol. The van der Waals surface area contributed by atoms with Gasteiger partial charge >= 0.3 is 12.4 Å². The molecule has 1 aliphatic heterocycles. The van der Waals surface area contributed by atoms with Gasteiger partial charge in [0.05, 0.1) is 33.5 Å². The molecule has 0 N–H and O–H groups in total. The van der Waals surface area contributed by atoms with Gasteiger partial charge in [0.25, 0.3) is 0 Å². The summed E-state index contributed by atoms with van der Waals surface area (Å²) in [6, 6.07) is 67.7. The van der Waals surface area contributed by atoms with Crippen molar-refractivity contribution in [2.24, 2.45) is 0 Å². The molecule has 0 aliphatic carbocycles. The number of hydrogen-bond acceptors (Lipinski definition) is 3. The van der Waals surface area contributed by atoms with Crippen LogP contribution in [0.15, 0.2) is 194 Å². The second-order valence-corrected chi connectivity index (χ2v) is 14.5. The van der Waals surface area contributed by atoms with E-state index >= 15 is 0 Å². The predicted octanol–water partition coefficient (Wildman–Crippen LogP) is 11.9. The van der Waals surface area contributed by atoms with Crippen molar-refractivity contribution in [2.45, 2.75) is 0 Å². The van der Waals surface area contributed by atoms with Crippen LogP contribution >= 0.6 is 0 Å². The van der Waals surface area contributed by atoms with Crippen LogP contribution in [0.5, 0.6) is 0 Å². The summed E-state index contributed by atoms with van der Waals surface area (Å²) in [6.07, 6.45) is 3.95. The third kappa shape index (κ3) is 5.82. The van der Waals surface area contributed by atoms with E-state index in [1.54, 1.807) is 0 Å². The van der Waals surface area contributed by atoms with Crippen LogP contribution in [0.4, 0.5) is 0 Å². The molecular weight excluding hydrogens is 707 g/mol. The van der Waals surface area contributed by atoms with Crippen LogP contribution in [0.25, 0.3) is 95.0 Å². The minimum Gasteiger partial charge on any atom is -0.291 e. The van der Waals surface area contributed by atoms with Gasteiger partial charge in [-0.2, -0.15) is 0 Å². The molecule has 0 amide bonds. The topological polar surface area (TPSA) is 57.7 Å². The van der Waals surface area contributed by atoms with Gasteiger partial charge in [0.2, 0.25) is 0 Å². The zero-order chi connectivity index (χ0) is 38.4. The normalized spacial score (nSPS) is 11.7. The van der Waals surface area contributed by atoms with E-state index in [-0.39, 0.29) is 0 Å². The lowest BCUT2D eigenvalue weighted by Gasteiger charge is -2.14. The standard InChI is InChI=1S/C53H34N5/c1-4-14-35(15-5-1)36-26-28-37(29-27-36)48-32-49(56-52(55-48)38-16-6-2-7-17-38)42-22-12-20-40(30-42)41-21-13-23-43(31-41)58-51-47-34-54-33-46(47)44-24-10-11-25-45(44)50(51)57-53(58)39-18-8-3-9-19-39/h1-34H/q+1. The molecular formula is C53H34N5+. The van der Waals surface area contributed by atoms with Crippen LogP contribution in [0.1, 0.15) is 11.1 Å². The van der Waals surface area contributed by atoms with Gasteiger partial charge in [-0.15, -0.1) is 0 Å². The first kappa shape index (κ1) is 33.4. The highest BCUT2D eigenvalue weighted by Gasteiger charge is 2.27. The maximum absolute atomic E-state index is 5.38. The summed E-state index contributed by atoms with van der Waals surface area (Å²) in [5.41, 5.74) is 15.6. The predicted molar refractivity (Wildman–Crippen MR) is 239 cm³/mol. The summed E-state index contributed by atoms with van der Waals surface area (Å²) in [6.45, 7) is 0. The number of rotatable bonds is 7. The molecule has 1 aliphatic rings. The summed E-state index contributed by atoms with van der Waals surface area (Å²) < 4.78 is 6.94. The van der Waals surface area contributed by atoms with Gasteiger partial charge in [0.15, 0.2) is 5.82 Å². The van der Waals surface area contributed by atoms with Gasteiger partial charge in [-0.3, -0.25) is 4.57 Å².